The maximum absolute atomic E-state index is 13.4. The lowest BCUT2D eigenvalue weighted by Gasteiger charge is -2.44. The van der Waals surface area contributed by atoms with Gasteiger partial charge in [0.2, 0.25) is 10.0 Å². The highest BCUT2D eigenvalue weighted by atomic mass is 32.2. The second-order valence-corrected chi connectivity index (χ2v) is 12.1. The summed E-state index contributed by atoms with van der Waals surface area (Å²) >= 11 is 5.32. The number of aliphatic hydroxyl groups is 1. The first kappa shape index (κ1) is 27.3. The van der Waals surface area contributed by atoms with Crippen molar-refractivity contribution in [2.45, 2.75) is 50.4 Å². The Labute approximate surface area is 215 Å². The Morgan fingerprint density at radius 3 is 2.42 bits per heavy atom. The summed E-state index contributed by atoms with van der Waals surface area (Å²) in [5.74, 6) is 0.358. The molecule has 0 saturated carbocycles. The SMILES string of the molecule is CC(O)(c1ccc(N2CCN(S(=O)(=O)C3=CC=CCC3=S)CC2CC2CCOCC2)cc1)C(F)(F)F. The van der Waals surface area contributed by atoms with Gasteiger partial charge in [-0.1, -0.05) is 36.5 Å². The van der Waals surface area contributed by atoms with Crippen LogP contribution in [-0.4, -0.2) is 67.8 Å². The first-order chi connectivity index (χ1) is 16.9. The minimum absolute atomic E-state index is 0.164. The van der Waals surface area contributed by atoms with E-state index in [1.165, 1.54) is 16.4 Å². The van der Waals surface area contributed by atoms with Crippen LogP contribution in [0.3, 0.4) is 0 Å². The molecule has 0 bridgehead atoms. The second-order valence-electron chi connectivity index (χ2n) is 9.70. The minimum Gasteiger partial charge on any atom is -0.381 e. The molecule has 2 fully saturated rings. The average molecular weight is 545 g/mol. The maximum Gasteiger partial charge on any atom is 0.421 e. The van der Waals surface area contributed by atoms with E-state index in [9.17, 15) is 26.7 Å². The van der Waals surface area contributed by atoms with Crippen molar-refractivity contribution < 1.29 is 31.4 Å². The van der Waals surface area contributed by atoms with Gasteiger partial charge in [0, 0.05) is 55.9 Å². The van der Waals surface area contributed by atoms with Crippen LogP contribution in [0.4, 0.5) is 18.9 Å². The van der Waals surface area contributed by atoms with Gasteiger partial charge in [-0.05, 0) is 55.9 Å². The smallest absolute Gasteiger partial charge is 0.381 e. The number of halogens is 3. The van der Waals surface area contributed by atoms with Gasteiger partial charge in [0.25, 0.3) is 0 Å². The molecule has 1 aromatic rings. The zero-order valence-corrected chi connectivity index (χ0v) is 21.7. The van der Waals surface area contributed by atoms with Crippen molar-refractivity contribution in [1.29, 1.82) is 0 Å². The molecule has 2 unspecified atom stereocenters. The second kappa shape index (κ2) is 10.5. The Morgan fingerprint density at radius 2 is 1.81 bits per heavy atom. The Morgan fingerprint density at radius 1 is 1.14 bits per heavy atom. The molecule has 0 spiro atoms. The molecule has 0 aromatic heterocycles. The number of piperazine rings is 1. The number of rotatable bonds is 6. The maximum atomic E-state index is 13.4. The fourth-order valence-corrected chi connectivity index (χ4v) is 7.06. The van der Waals surface area contributed by atoms with E-state index in [0.717, 1.165) is 26.2 Å². The first-order valence-corrected chi connectivity index (χ1v) is 13.9. The average Bonchev–Trinajstić information content (AvgIpc) is 2.84. The van der Waals surface area contributed by atoms with Crippen molar-refractivity contribution in [2.75, 3.05) is 37.7 Å². The number of allylic oxidation sites excluding steroid dienone is 4. The molecule has 4 rings (SSSR count). The van der Waals surface area contributed by atoms with Crippen molar-refractivity contribution >= 4 is 32.8 Å². The normalized spacial score (nSPS) is 24.5. The van der Waals surface area contributed by atoms with Crippen LogP contribution in [0.5, 0.6) is 0 Å². The summed E-state index contributed by atoms with van der Waals surface area (Å²) in [7, 11) is -3.76. The molecule has 1 aromatic carbocycles. The van der Waals surface area contributed by atoms with Crippen molar-refractivity contribution in [3.05, 3.63) is 53.0 Å². The van der Waals surface area contributed by atoms with Crippen LogP contribution in [0, 0.1) is 5.92 Å². The molecule has 2 saturated heterocycles. The quantitative estimate of drug-likeness (QED) is 0.539. The van der Waals surface area contributed by atoms with E-state index in [4.69, 9.17) is 17.0 Å². The third-order valence-electron chi connectivity index (χ3n) is 7.28. The third kappa shape index (κ3) is 5.55. The molecule has 1 N–H and O–H groups in total. The van der Waals surface area contributed by atoms with E-state index in [2.05, 4.69) is 4.90 Å². The van der Waals surface area contributed by atoms with Crippen LogP contribution in [0.25, 0.3) is 0 Å². The van der Waals surface area contributed by atoms with E-state index in [-0.39, 0.29) is 29.6 Å². The lowest BCUT2D eigenvalue weighted by molar-refractivity contribution is -0.258. The standard InChI is InChI=1S/C25H31F3N2O4S2/c1-24(31,25(26,27)28)19-6-8-20(9-7-19)30-13-12-29(17-21(30)16-18-10-14-34-15-11-18)36(32,33)23-5-3-2-4-22(23)35/h2-3,5-9,18,21,31H,4,10-17H2,1H3. The summed E-state index contributed by atoms with van der Waals surface area (Å²) in [6.07, 6.45) is 3.19. The van der Waals surface area contributed by atoms with Gasteiger partial charge in [-0.15, -0.1) is 0 Å². The predicted octanol–water partition coefficient (Wildman–Crippen LogP) is 4.31. The van der Waals surface area contributed by atoms with Gasteiger partial charge in [0.15, 0.2) is 5.60 Å². The van der Waals surface area contributed by atoms with Gasteiger partial charge in [-0.2, -0.15) is 17.5 Å². The summed E-state index contributed by atoms with van der Waals surface area (Å²) in [4.78, 5) is 2.63. The lowest BCUT2D eigenvalue weighted by atomic mass is 9.90. The zero-order valence-electron chi connectivity index (χ0n) is 20.1. The van der Waals surface area contributed by atoms with Crippen molar-refractivity contribution in [3.8, 4) is 0 Å². The molecule has 0 radical (unpaired) electrons. The fourth-order valence-electron chi connectivity index (χ4n) is 4.99. The topological polar surface area (TPSA) is 70.1 Å². The molecule has 2 aliphatic heterocycles. The van der Waals surface area contributed by atoms with Crippen molar-refractivity contribution in [3.63, 3.8) is 0 Å². The van der Waals surface area contributed by atoms with Crippen LogP contribution in [-0.2, 0) is 20.4 Å². The number of alkyl halides is 3. The Kier molecular flexibility index (Phi) is 7.97. The van der Waals surface area contributed by atoms with Gasteiger partial charge < -0.3 is 14.7 Å². The molecule has 198 valence electrons. The number of hydrogen-bond acceptors (Lipinski definition) is 6. The number of anilines is 1. The molecule has 6 nitrogen and oxygen atoms in total. The van der Waals surface area contributed by atoms with Crippen molar-refractivity contribution in [2.24, 2.45) is 5.92 Å². The number of benzene rings is 1. The molecule has 2 heterocycles. The summed E-state index contributed by atoms with van der Waals surface area (Å²) < 4.78 is 73.7. The van der Waals surface area contributed by atoms with Crippen molar-refractivity contribution in [1.82, 2.24) is 4.31 Å². The molecule has 1 aliphatic carbocycles. The fraction of sp³-hybridized carbons (Fsp3) is 0.560. The van der Waals surface area contributed by atoms with Gasteiger partial charge in [0.05, 0.1) is 4.91 Å². The van der Waals surface area contributed by atoms with Gasteiger partial charge >= 0.3 is 6.18 Å². The van der Waals surface area contributed by atoms with Gasteiger partial charge in [0.1, 0.15) is 0 Å². The molecule has 0 amide bonds. The number of nitrogens with zero attached hydrogens (tertiary/aromatic N) is 2. The van der Waals surface area contributed by atoms with Crippen LogP contribution in [0.2, 0.25) is 0 Å². The third-order valence-corrected chi connectivity index (χ3v) is 9.75. The Bertz CT molecular complexity index is 1120. The Balaban J connectivity index is 1.59. The zero-order chi connectivity index (χ0) is 26.1. The largest absolute Gasteiger partial charge is 0.421 e. The number of thiocarbonyl (C=S) groups is 1. The van der Waals surface area contributed by atoms with E-state index in [1.54, 1.807) is 24.3 Å². The highest BCUT2D eigenvalue weighted by molar-refractivity contribution is 7.96. The van der Waals surface area contributed by atoms with Crippen LogP contribution >= 0.6 is 12.2 Å². The molecular formula is C25H31F3N2O4S2. The molecule has 11 heteroatoms. The number of ether oxygens (including phenoxy) is 1. The van der Waals surface area contributed by atoms with Crippen LogP contribution < -0.4 is 4.90 Å². The highest BCUT2D eigenvalue weighted by Gasteiger charge is 2.51. The lowest BCUT2D eigenvalue weighted by Crippen LogP contribution is -2.56. The summed E-state index contributed by atoms with van der Waals surface area (Å²) in [5.41, 5.74) is -2.51. The van der Waals surface area contributed by atoms with E-state index < -0.39 is 21.8 Å². The molecule has 3 aliphatic rings. The summed E-state index contributed by atoms with van der Waals surface area (Å²) in [6, 6.07) is 5.55. The molecule has 2 atom stereocenters. The number of sulfonamides is 1. The van der Waals surface area contributed by atoms with E-state index >= 15 is 0 Å². The van der Waals surface area contributed by atoms with E-state index in [1.807, 2.05) is 6.08 Å². The van der Waals surface area contributed by atoms with Gasteiger partial charge in [-0.3, -0.25) is 0 Å². The highest BCUT2D eigenvalue weighted by Crippen LogP contribution is 2.39. The van der Waals surface area contributed by atoms with Gasteiger partial charge in [-0.25, -0.2) is 8.42 Å². The first-order valence-electron chi connectivity index (χ1n) is 12.1. The van der Waals surface area contributed by atoms with E-state index in [0.29, 0.717) is 42.6 Å². The monoisotopic (exact) mass is 544 g/mol. The summed E-state index contributed by atoms with van der Waals surface area (Å²) in [6.45, 7) is 2.93. The van der Waals surface area contributed by atoms with Crippen LogP contribution in [0.1, 0.15) is 38.2 Å². The molecular weight excluding hydrogens is 513 g/mol. The predicted molar refractivity (Wildman–Crippen MR) is 136 cm³/mol. The number of hydrogen-bond donors (Lipinski definition) is 1. The van der Waals surface area contributed by atoms with Crippen LogP contribution in [0.15, 0.2) is 47.4 Å². The summed E-state index contributed by atoms with van der Waals surface area (Å²) in [5, 5.41) is 10.0. The minimum atomic E-state index is -4.80. The molecule has 36 heavy (non-hydrogen) atoms. The Hall–Kier alpha value is -1.79.